The van der Waals surface area contributed by atoms with Gasteiger partial charge in [-0.1, -0.05) is 12.1 Å². The highest BCUT2D eigenvalue weighted by Crippen LogP contribution is 2.29. The van der Waals surface area contributed by atoms with Crippen molar-refractivity contribution in [1.82, 2.24) is 0 Å². The molecule has 0 saturated carbocycles. The van der Waals surface area contributed by atoms with Crippen LogP contribution in [-0.2, 0) is 10.0 Å². The molecule has 0 aliphatic rings. The van der Waals surface area contributed by atoms with Gasteiger partial charge in [0.2, 0.25) is 0 Å². The van der Waals surface area contributed by atoms with E-state index in [2.05, 4.69) is 20.7 Å². The van der Waals surface area contributed by atoms with Crippen LogP contribution in [0.15, 0.2) is 39.7 Å². The van der Waals surface area contributed by atoms with E-state index in [0.29, 0.717) is 10.2 Å². The number of nitrogens with two attached hydrogens (primary N) is 1. The van der Waals surface area contributed by atoms with E-state index in [9.17, 15) is 12.8 Å². The zero-order chi connectivity index (χ0) is 15.8. The van der Waals surface area contributed by atoms with Crippen molar-refractivity contribution in [3.63, 3.8) is 0 Å². The van der Waals surface area contributed by atoms with Crippen LogP contribution in [0.3, 0.4) is 0 Å². The van der Waals surface area contributed by atoms with Gasteiger partial charge < -0.3 is 5.73 Å². The number of nitrogen functional groups attached to an aromatic ring is 1. The first-order valence-electron chi connectivity index (χ1n) is 6.06. The number of benzene rings is 2. The summed E-state index contributed by atoms with van der Waals surface area (Å²) in [5, 5.41) is 0. The van der Waals surface area contributed by atoms with Crippen molar-refractivity contribution < 1.29 is 12.8 Å². The molecule has 2 aromatic carbocycles. The number of nitrogens with one attached hydrogen (secondary N) is 1. The molecular formula is C14H14BrFN2O2S. The summed E-state index contributed by atoms with van der Waals surface area (Å²) < 4.78 is 41.4. The van der Waals surface area contributed by atoms with Gasteiger partial charge in [-0.05, 0) is 53.5 Å². The van der Waals surface area contributed by atoms with Gasteiger partial charge in [-0.2, -0.15) is 0 Å². The van der Waals surface area contributed by atoms with E-state index in [1.54, 1.807) is 12.1 Å². The quantitative estimate of drug-likeness (QED) is 0.808. The summed E-state index contributed by atoms with van der Waals surface area (Å²) in [6.45, 7) is 3.33. The normalized spacial score (nSPS) is 11.4. The minimum Gasteiger partial charge on any atom is -0.398 e. The first-order valence-corrected chi connectivity index (χ1v) is 8.33. The Bertz CT molecular complexity index is 784. The van der Waals surface area contributed by atoms with Crippen molar-refractivity contribution in [1.29, 1.82) is 0 Å². The standard InChI is InChI=1S/C14H14BrFN2O2S/c1-8-4-3-5-13(14(8)15)18-21(19,20)10-6-11(16)9(2)12(17)7-10/h3-7,18H,17H2,1-2H3. The third kappa shape index (κ3) is 3.19. The lowest BCUT2D eigenvalue weighted by Gasteiger charge is -2.12. The maximum absolute atomic E-state index is 13.7. The molecule has 2 aromatic rings. The Hall–Kier alpha value is -1.60. The molecule has 3 N–H and O–H groups in total. The van der Waals surface area contributed by atoms with Gasteiger partial charge in [-0.25, -0.2) is 12.8 Å². The molecule has 0 saturated heterocycles. The first-order chi connectivity index (χ1) is 9.72. The second kappa shape index (κ2) is 5.65. The molecule has 0 radical (unpaired) electrons. The van der Waals surface area contributed by atoms with Gasteiger partial charge >= 0.3 is 0 Å². The highest BCUT2D eigenvalue weighted by Gasteiger charge is 2.19. The van der Waals surface area contributed by atoms with Crippen molar-refractivity contribution in [2.75, 3.05) is 10.5 Å². The fourth-order valence-electron chi connectivity index (χ4n) is 1.76. The number of anilines is 2. The molecule has 7 heteroatoms. The van der Waals surface area contributed by atoms with Gasteiger partial charge in [0.05, 0.1) is 10.6 Å². The topological polar surface area (TPSA) is 72.2 Å². The Morgan fingerprint density at radius 1 is 1.24 bits per heavy atom. The highest BCUT2D eigenvalue weighted by molar-refractivity contribution is 9.10. The van der Waals surface area contributed by atoms with Crippen LogP contribution in [0.25, 0.3) is 0 Å². The van der Waals surface area contributed by atoms with Crippen LogP contribution in [0.4, 0.5) is 15.8 Å². The van der Waals surface area contributed by atoms with Crippen molar-refractivity contribution in [3.05, 3.63) is 51.7 Å². The molecule has 0 atom stereocenters. The average Bonchev–Trinajstić information content (AvgIpc) is 2.40. The minimum atomic E-state index is -3.91. The maximum atomic E-state index is 13.7. The monoisotopic (exact) mass is 372 g/mol. The predicted molar refractivity (Wildman–Crippen MR) is 85.2 cm³/mol. The molecule has 112 valence electrons. The van der Waals surface area contributed by atoms with E-state index in [4.69, 9.17) is 5.73 Å². The molecule has 0 amide bonds. The molecule has 0 unspecified atom stereocenters. The van der Waals surface area contributed by atoms with Crippen molar-refractivity contribution >= 4 is 37.3 Å². The molecule has 0 heterocycles. The molecule has 0 bridgehead atoms. The summed E-state index contributed by atoms with van der Waals surface area (Å²) in [5.41, 5.74) is 7.21. The van der Waals surface area contributed by atoms with E-state index in [1.165, 1.54) is 13.0 Å². The molecule has 0 aliphatic carbocycles. The van der Waals surface area contributed by atoms with Crippen LogP contribution in [0.1, 0.15) is 11.1 Å². The van der Waals surface area contributed by atoms with Gasteiger partial charge in [0, 0.05) is 15.7 Å². The van der Waals surface area contributed by atoms with Gasteiger partial charge in [0.1, 0.15) is 5.82 Å². The fourth-order valence-corrected chi connectivity index (χ4v) is 3.37. The summed E-state index contributed by atoms with van der Waals surface area (Å²) in [5.74, 6) is -0.654. The van der Waals surface area contributed by atoms with Crippen LogP contribution in [0.5, 0.6) is 0 Å². The summed E-state index contributed by atoms with van der Waals surface area (Å²) >= 11 is 3.32. The van der Waals surface area contributed by atoms with E-state index >= 15 is 0 Å². The smallest absolute Gasteiger partial charge is 0.262 e. The second-order valence-electron chi connectivity index (χ2n) is 4.66. The Morgan fingerprint density at radius 3 is 2.52 bits per heavy atom. The number of sulfonamides is 1. The van der Waals surface area contributed by atoms with E-state index in [0.717, 1.165) is 11.6 Å². The van der Waals surface area contributed by atoms with Crippen LogP contribution >= 0.6 is 15.9 Å². The summed E-state index contributed by atoms with van der Waals surface area (Å²) in [6, 6.07) is 7.37. The number of halogens is 2. The second-order valence-corrected chi connectivity index (χ2v) is 7.14. The van der Waals surface area contributed by atoms with E-state index < -0.39 is 15.8 Å². The third-order valence-corrected chi connectivity index (χ3v) is 5.50. The Kier molecular flexibility index (Phi) is 4.25. The molecule has 21 heavy (non-hydrogen) atoms. The number of rotatable bonds is 3. The minimum absolute atomic E-state index is 0.0960. The van der Waals surface area contributed by atoms with Gasteiger partial charge in [-0.15, -0.1) is 0 Å². The van der Waals surface area contributed by atoms with E-state index in [-0.39, 0.29) is 16.1 Å². The SMILES string of the molecule is Cc1cccc(NS(=O)(=O)c2cc(N)c(C)c(F)c2)c1Br. The maximum Gasteiger partial charge on any atom is 0.262 e. The molecule has 2 rings (SSSR count). The van der Waals surface area contributed by atoms with Crippen LogP contribution in [0.2, 0.25) is 0 Å². The largest absolute Gasteiger partial charge is 0.398 e. The van der Waals surface area contributed by atoms with Gasteiger partial charge in [0.25, 0.3) is 10.0 Å². The Balaban J connectivity index is 2.46. The molecular weight excluding hydrogens is 359 g/mol. The zero-order valence-electron chi connectivity index (χ0n) is 11.4. The number of aryl methyl sites for hydroxylation is 1. The summed E-state index contributed by atoms with van der Waals surface area (Å²) in [4.78, 5) is -0.212. The lowest BCUT2D eigenvalue weighted by atomic mass is 10.2. The van der Waals surface area contributed by atoms with Crippen molar-refractivity contribution in [2.45, 2.75) is 18.7 Å². The van der Waals surface area contributed by atoms with Crippen LogP contribution < -0.4 is 10.5 Å². The highest BCUT2D eigenvalue weighted by atomic mass is 79.9. The molecule has 0 fully saturated rings. The number of hydrogen-bond donors (Lipinski definition) is 2. The third-order valence-electron chi connectivity index (χ3n) is 3.10. The first kappa shape index (κ1) is 15.8. The molecule has 0 aromatic heterocycles. The fraction of sp³-hybridized carbons (Fsp3) is 0.143. The zero-order valence-corrected chi connectivity index (χ0v) is 13.8. The molecule has 0 spiro atoms. The van der Waals surface area contributed by atoms with Crippen LogP contribution in [0, 0.1) is 19.7 Å². The van der Waals surface area contributed by atoms with Crippen molar-refractivity contribution in [2.24, 2.45) is 0 Å². The lowest BCUT2D eigenvalue weighted by Crippen LogP contribution is -2.14. The summed E-state index contributed by atoms with van der Waals surface area (Å²) in [7, 11) is -3.91. The van der Waals surface area contributed by atoms with Crippen LogP contribution in [-0.4, -0.2) is 8.42 Å². The van der Waals surface area contributed by atoms with E-state index in [1.807, 2.05) is 13.0 Å². The Morgan fingerprint density at radius 2 is 1.90 bits per heavy atom. The molecule has 0 aliphatic heterocycles. The average molecular weight is 373 g/mol. The summed E-state index contributed by atoms with van der Waals surface area (Å²) in [6.07, 6.45) is 0. The predicted octanol–water partition coefficient (Wildman–Crippen LogP) is 3.59. The van der Waals surface area contributed by atoms with Crippen molar-refractivity contribution in [3.8, 4) is 0 Å². The number of hydrogen-bond acceptors (Lipinski definition) is 3. The Labute approximate surface area is 131 Å². The lowest BCUT2D eigenvalue weighted by molar-refractivity contribution is 0.593. The van der Waals surface area contributed by atoms with Gasteiger partial charge in [-0.3, -0.25) is 4.72 Å². The van der Waals surface area contributed by atoms with Gasteiger partial charge in [0.15, 0.2) is 0 Å². The molecule has 4 nitrogen and oxygen atoms in total.